The van der Waals surface area contributed by atoms with E-state index in [1.807, 2.05) is 6.92 Å². The molecule has 1 amide bonds. The van der Waals surface area contributed by atoms with Crippen molar-refractivity contribution in [1.29, 1.82) is 0 Å². The molecule has 1 aliphatic rings. The van der Waals surface area contributed by atoms with Crippen LogP contribution in [0.3, 0.4) is 0 Å². The van der Waals surface area contributed by atoms with Crippen LogP contribution in [0.25, 0.3) is 0 Å². The number of hydrogen-bond donors (Lipinski definition) is 2. The molecule has 2 N–H and O–H groups in total. The smallest absolute Gasteiger partial charge is 0.330 e. The van der Waals surface area contributed by atoms with Gasteiger partial charge in [0.1, 0.15) is 11.5 Å². The van der Waals surface area contributed by atoms with E-state index in [2.05, 4.69) is 10.3 Å². The number of aliphatic imine (C=N–C) groups is 1. The Bertz CT molecular complexity index is 291. The number of carboxylic acids is 1. The number of nitrogens with zero attached hydrogens (tertiary/aromatic N) is 1. The van der Waals surface area contributed by atoms with Gasteiger partial charge in [0.15, 0.2) is 0 Å². The molecule has 0 aromatic rings. The average molecular weight is 168 g/mol. The van der Waals surface area contributed by atoms with Crippen LogP contribution >= 0.6 is 0 Å². The monoisotopic (exact) mass is 168 g/mol. The second-order valence-electron chi connectivity index (χ2n) is 2.23. The third-order valence-corrected chi connectivity index (χ3v) is 1.34. The van der Waals surface area contributed by atoms with Gasteiger partial charge in [0.25, 0.3) is 5.91 Å². The Balaban J connectivity index is 2.86. The molecule has 1 aliphatic heterocycles. The molecule has 0 saturated heterocycles. The van der Waals surface area contributed by atoms with Gasteiger partial charge in [-0.2, -0.15) is 0 Å². The summed E-state index contributed by atoms with van der Waals surface area (Å²) in [5.41, 5.74) is -0.0423. The topological polar surface area (TPSA) is 78.8 Å². The fourth-order valence-electron chi connectivity index (χ4n) is 0.801. The van der Waals surface area contributed by atoms with Gasteiger partial charge < -0.3 is 10.4 Å². The molecule has 0 radical (unpaired) electrons. The third kappa shape index (κ3) is 1.69. The minimum Gasteiger partial charge on any atom is -0.478 e. The molecule has 1 rings (SSSR count). The van der Waals surface area contributed by atoms with Crippen molar-refractivity contribution in [3.05, 3.63) is 11.8 Å². The number of carboxylic acid groups (broad SMARTS) is 1. The van der Waals surface area contributed by atoms with E-state index in [4.69, 9.17) is 5.11 Å². The summed E-state index contributed by atoms with van der Waals surface area (Å²) in [6.45, 7) is 1.82. The molecule has 0 fully saturated rings. The van der Waals surface area contributed by atoms with Gasteiger partial charge in [-0.05, 0) is 0 Å². The van der Waals surface area contributed by atoms with Crippen LogP contribution in [-0.4, -0.2) is 22.8 Å². The first-order chi connectivity index (χ1) is 5.63. The standard InChI is InChI=1S/C7H8N2O3/c1-2-5-8-4(3-6(10)11)7(12)9-5/h3H,2H2,1H3,(H,10,11)(H,8,9,12)/b4-3+. The quantitative estimate of drug-likeness (QED) is 0.565. The number of hydrogen-bond acceptors (Lipinski definition) is 3. The molecule has 0 bridgehead atoms. The van der Waals surface area contributed by atoms with E-state index in [-0.39, 0.29) is 5.70 Å². The summed E-state index contributed by atoms with van der Waals surface area (Å²) in [6, 6.07) is 0. The van der Waals surface area contributed by atoms with Crippen molar-refractivity contribution >= 4 is 17.7 Å². The largest absolute Gasteiger partial charge is 0.478 e. The van der Waals surface area contributed by atoms with Gasteiger partial charge in [0, 0.05) is 6.42 Å². The normalized spacial score (nSPS) is 19.2. The van der Waals surface area contributed by atoms with Gasteiger partial charge in [-0.3, -0.25) is 4.79 Å². The minimum absolute atomic E-state index is 0.0423. The molecule has 64 valence electrons. The number of nitrogens with one attached hydrogen (secondary N) is 1. The molecule has 12 heavy (non-hydrogen) atoms. The second kappa shape index (κ2) is 3.17. The van der Waals surface area contributed by atoms with E-state index in [1.165, 1.54) is 0 Å². The summed E-state index contributed by atoms with van der Waals surface area (Å²) in [7, 11) is 0. The van der Waals surface area contributed by atoms with E-state index < -0.39 is 11.9 Å². The first kappa shape index (κ1) is 8.45. The zero-order valence-corrected chi connectivity index (χ0v) is 6.50. The molecular weight excluding hydrogens is 160 g/mol. The minimum atomic E-state index is -1.17. The van der Waals surface area contributed by atoms with Crippen LogP contribution in [0.1, 0.15) is 13.3 Å². The number of carbonyl (C=O) groups excluding carboxylic acids is 1. The molecule has 5 heteroatoms. The number of amides is 1. The highest BCUT2D eigenvalue weighted by molar-refractivity contribution is 6.13. The van der Waals surface area contributed by atoms with Gasteiger partial charge in [0.2, 0.25) is 0 Å². The molecule has 0 aliphatic carbocycles. The zero-order chi connectivity index (χ0) is 9.14. The summed E-state index contributed by atoms with van der Waals surface area (Å²) in [5, 5.41) is 10.8. The van der Waals surface area contributed by atoms with Gasteiger partial charge in [-0.1, -0.05) is 6.92 Å². The maximum Gasteiger partial charge on any atom is 0.330 e. The first-order valence-electron chi connectivity index (χ1n) is 3.47. The van der Waals surface area contributed by atoms with E-state index in [0.29, 0.717) is 12.3 Å². The Morgan fingerprint density at radius 3 is 2.83 bits per heavy atom. The van der Waals surface area contributed by atoms with Gasteiger partial charge in [-0.15, -0.1) is 0 Å². The molecule has 0 atom stereocenters. The molecule has 0 saturated carbocycles. The summed E-state index contributed by atoms with van der Waals surface area (Å²) < 4.78 is 0. The Morgan fingerprint density at radius 1 is 1.75 bits per heavy atom. The number of amidine groups is 1. The summed E-state index contributed by atoms with van der Waals surface area (Å²) in [5.74, 6) is -1.11. The molecule has 1 heterocycles. The number of rotatable bonds is 2. The Labute approximate surface area is 68.8 Å². The molecule has 0 aromatic carbocycles. The van der Waals surface area contributed by atoms with Crippen molar-refractivity contribution in [1.82, 2.24) is 5.32 Å². The molecule has 5 nitrogen and oxygen atoms in total. The van der Waals surface area contributed by atoms with E-state index in [9.17, 15) is 9.59 Å². The van der Waals surface area contributed by atoms with Crippen molar-refractivity contribution in [2.75, 3.05) is 0 Å². The van der Waals surface area contributed by atoms with E-state index in [0.717, 1.165) is 6.08 Å². The van der Waals surface area contributed by atoms with Crippen molar-refractivity contribution < 1.29 is 14.7 Å². The third-order valence-electron chi connectivity index (χ3n) is 1.34. The predicted octanol–water partition coefficient (Wildman–Crippen LogP) is -0.107. The van der Waals surface area contributed by atoms with Crippen molar-refractivity contribution in [2.24, 2.45) is 4.99 Å². The van der Waals surface area contributed by atoms with E-state index in [1.54, 1.807) is 0 Å². The Morgan fingerprint density at radius 2 is 2.42 bits per heavy atom. The molecular formula is C7H8N2O3. The lowest BCUT2D eigenvalue weighted by Crippen LogP contribution is -2.23. The maximum atomic E-state index is 10.9. The van der Waals surface area contributed by atoms with Crippen LogP contribution in [0.5, 0.6) is 0 Å². The lowest BCUT2D eigenvalue weighted by Gasteiger charge is -1.90. The van der Waals surface area contributed by atoms with Crippen molar-refractivity contribution in [3.63, 3.8) is 0 Å². The number of carbonyl (C=O) groups is 2. The number of aliphatic carboxylic acids is 1. The lowest BCUT2D eigenvalue weighted by atomic mass is 10.4. The van der Waals surface area contributed by atoms with Crippen LogP contribution < -0.4 is 5.32 Å². The van der Waals surface area contributed by atoms with Crippen LogP contribution in [0.2, 0.25) is 0 Å². The van der Waals surface area contributed by atoms with Gasteiger partial charge >= 0.3 is 5.97 Å². The van der Waals surface area contributed by atoms with Crippen LogP contribution in [0, 0.1) is 0 Å². The fourth-order valence-corrected chi connectivity index (χ4v) is 0.801. The zero-order valence-electron chi connectivity index (χ0n) is 6.50. The highest BCUT2D eigenvalue weighted by Gasteiger charge is 2.18. The van der Waals surface area contributed by atoms with Crippen LogP contribution in [0.4, 0.5) is 0 Å². The van der Waals surface area contributed by atoms with Crippen molar-refractivity contribution in [2.45, 2.75) is 13.3 Å². The van der Waals surface area contributed by atoms with Gasteiger partial charge in [-0.25, -0.2) is 9.79 Å². The maximum absolute atomic E-state index is 10.9. The highest BCUT2D eigenvalue weighted by atomic mass is 16.4. The lowest BCUT2D eigenvalue weighted by molar-refractivity contribution is -0.131. The predicted molar refractivity (Wildman–Crippen MR) is 41.6 cm³/mol. The first-order valence-corrected chi connectivity index (χ1v) is 3.47. The van der Waals surface area contributed by atoms with Crippen LogP contribution in [0.15, 0.2) is 16.8 Å². The average Bonchev–Trinajstić information content (AvgIpc) is 2.31. The Hall–Kier alpha value is -1.65. The fraction of sp³-hybridized carbons (Fsp3) is 0.286. The van der Waals surface area contributed by atoms with E-state index >= 15 is 0 Å². The molecule has 0 unspecified atom stereocenters. The summed E-state index contributed by atoms with van der Waals surface area (Å²) in [6.07, 6.45) is 1.38. The van der Waals surface area contributed by atoms with Crippen LogP contribution in [-0.2, 0) is 9.59 Å². The molecule has 0 aromatic heterocycles. The Kier molecular flexibility index (Phi) is 2.23. The summed E-state index contributed by atoms with van der Waals surface area (Å²) >= 11 is 0. The SMILES string of the molecule is CCC1=N/C(=C/C(=O)O)C(=O)N1. The van der Waals surface area contributed by atoms with Crippen molar-refractivity contribution in [3.8, 4) is 0 Å². The second-order valence-corrected chi connectivity index (χ2v) is 2.23. The highest BCUT2D eigenvalue weighted by Crippen LogP contribution is 2.05. The molecule has 0 spiro atoms. The van der Waals surface area contributed by atoms with Gasteiger partial charge in [0.05, 0.1) is 6.08 Å². The summed E-state index contributed by atoms with van der Waals surface area (Å²) in [4.78, 5) is 24.9.